The van der Waals surface area contributed by atoms with Crippen molar-refractivity contribution in [2.45, 2.75) is 113 Å². The van der Waals surface area contributed by atoms with Gasteiger partial charge in [0.2, 0.25) is 47.3 Å². The molecule has 8 amide bonds. The van der Waals surface area contributed by atoms with Gasteiger partial charge in [0.15, 0.2) is 5.96 Å². The molecular weight excluding hydrogens is 1060 g/mol. The molecule has 2 aromatic rings. The van der Waals surface area contributed by atoms with Crippen LogP contribution >= 0.6 is 37.0 Å². The van der Waals surface area contributed by atoms with Crippen LogP contribution in [-0.4, -0.2) is 172 Å². The molecule has 2 rings (SSSR count). The number of unbranched alkanes of at least 4 members (excludes halogenated alkanes) is 1. The molecule has 26 nitrogen and oxygen atoms in total. The lowest BCUT2D eigenvalue weighted by molar-refractivity contribution is -0.142. The topological polar surface area (TPSA) is 444 Å². The second-order valence-electron chi connectivity index (χ2n) is 17.5. The summed E-state index contributed by atoms with van der Waals surface area (Å²) in [7, 11) is 0. The lowest BCUT2D eigenvalue weighted by Gasteiger charge is -2.27. The van der Waals surface area contributed by atoms with E-state index in [1.807, 2.05) is 0 Å². The maximum Gasteiger partial charge on any atom is 0.326 e. The van der Waals surface area contributed by atoms with E-state index in [1.54, 1.807) is 36.6 Å². The Hall–Kier alpha value is -6.82. The summed E-state index contributed by atoms with van der Waals surface area (Å²) >= 11 is 9.65. The van der Waals surface area contributed by atoms with Crippen LogP contribution in [-0.2, 0) is 60.8 Å². The second-order valence-corrected chi connectivity index (χ2v) is 19.2. The van der Waals surface area contributed by atoms with Crippen molar-refractivity contribution in [2.24, 2.45) is 27.9 Å². The van der Waals surface area contributed by atoms with Crippen molar-refractivity contribution in [2.75, 3.05) is 43.1 Å². The Bertz CT molecular complexity index is 2300. The number of aliphatic carboxylic acids is 2. The highest BCUT2D eigenvalue weighted by Gasteiger charge is 2.34. The van der Waals surface area contributed by atoms with Gasteiger partial charge < -0.3 is 80.8 Å². The predicted octanol–water partition coefficient (Wildman–Crippen LogP) is -3.24. The normalized spacial score (nSPS) is 14.0. The largest absolute Gasteiger partial charge is 0.508 e. The van der Waals surface area contributed by atoms with E-state index in [-0.39, 0.29) is 81.3 Å². The average molecular weight is 1140 g/mol. The van der Waals surface area contributed by atoms with Crippen molar-refractivity contribution in [1.82, 2.24) is 42.5 Å². The quantitative estimate of drug-likeness (QED) is 0.0137. The van der Waals surface area contributed by atoms with E-state index in [9.17, 15) is 63.3 Å². The Labute approximate surface area is 461 Å². The first-order chi connectivity index (χ1) is 36.6. The number of rotatable bonds is 37. The van der Waals surface area contributed by atoms with E-state index in [0.717, 1.165) is 5.56 Å². The number of hydrogen-bond donors (Lipinski definition) is 17. The van der Waals surface area contributed by atoms with Gasteiger partial charge in [-0.1, -0.05) is 42.5 Å². The van der Waals surface area contributed by atoms with Crippen LogP contribution in [0.4, 0.5) is 0 Å². The molecule has 2 aromatic carbocycles. The van der Waals surface area contributed by atoms with Gasteiger partial charge in [0.1, 0.15) is 48.0 Å². The highest BCUT2D eigenvalue weighted by molar-refractivity contribution is 7.98. The zero-order chi connectivity index (χ0) is 57.5. The standard InChI is InChI=1S/C48H73N13O13S3/c1-77-21-18-34(41(67)54-24-38(63)55-36(25-75)45(71)60-35(47(73)74)23-28-12-14-29(62)15-13-28)59-44(70)33(16-17-39(64)65)58-42(68)31(10-5-6-19-49)56-43(69)32(11-7-20-53-48(51)52)57-46(72)37(26-76)61-40(66)30(50)22-27-8-3-2-4-9-27/h2-4,8-9,12-15,30-37,62,75-76H,5-7,10-11,16-26,49-50H2,1H3,(H,54,67)(H,55,63)(H,56,69)(H,57,72)(H,58,68)(H,59,70)(H,60,71)(H,61,66)(H,64,65)(H,73,74)(H4,51,52,53). The van der Waals surface area contributed by atoms with Crippen molar-refractivity contribution in [3.8, 4) is 5.75 Å². The summed E-state index contributed by atoms with van der Waals surface area (Å²) in [6.45, 7) is -0.461. The number of carbonyl (C=O) groups excluding carboxylic acids is 8. The monoisotopic (exact) mass is 1140 g/mol. The van der Waals surface area contributed by atoms with Gasteiger partial charge in [-0.3, -0.25) is 48.1 Å². The Morgan fingerprint density at radius 2 is 1.06 bits per heavy atom. The lowest BCUT2D eigenvalue weighted by Crippen LogP contribution is -2.60. The van der Waals surface area contributed by atoms with E-state index in [4.69, 9.17) is 22.9 Å². The Kier molecular flexibility index (Phi) is 31.2. The van der Waals surface area contributed by atoms with E-state index < -0.39 is 127 Å². The van der Waals surface area contributed by atoms with Gasteiger partial charge in [-0.15, -0.1) is 0 Å². The van der Waals surface area contributed by atoms with Gasteiger partial charge >= 0.3 is 11.9 Å². The Morgan fingerprint density at radius 1 is 0.584 bits per heavy atom. The molecule has 0 saturated carbocycles. The molecule has 8 unspecified atom stereocenters. The molecule has 77 heavy (non-hydrogen) atoms. The summed E-state index contributed by atoms with van der Waals surface area (Å²) in [4.78, 5) is 136. The van der Waals surface area contributed by atoms with E-state index in [0.29, 0.717) is 17.7 Å². The molecule has 0 spiro atoms. The number of thiol groups is 2. The average Bonchev–Trinajstić information content (AvgIpc) is 3.39. The Balaban J connectivity index is 2.26. The number of aromatic hydroxyl groups is 1. The number of carbonyl (C=O) groups is 10. The van der Waals surface area contributed by atoms with Crippen LogP contribution < -0.4 is 65.5 Å². The number of benzene rings is 2. The Morgan fingerprint density at radius 3 is 1.57 bits per heavy atom. The number of phenols is 1. The molecule has 0 heterocycles. The van der Waals surface area contributed by atoms with Gasteiger partial charge in [-0.25, -0.2) is 4.79 Å². The maximum atomic E-state index is 14.1. The van der Waals surface area contributed by atoms with Crippen LogP contribution in [0, 0.1) is 0 Å². The SMILES string of the molecule is CSCCC(NC(=O)C(CCC(=O)O)NC(=O)C(CCCCN)NC(=O)C(CCCN=C(N)N)NC(=O)C(CS)NC(=O)C(N)Cc1ccccc1)C(=O)NCC(=O)NC(CS)C(=O)NC(Cc1ccc(O)cc1)C(=O)O. The first kappa shape index (κ1) is 66.3. The number of phenolic OH excluding ortho intramolecular Hbond substituents is 1. The van der Waals surface area contributed by atoms with Gasteiger partial charge in [0.05, 0.1) is 12.6 Å². The van der Waals surface area contributed by atoms with Crippen LogP contribution in [0.5, 0.6) is 5.75 Å². The minimum Gasteiger partial charge on any atom is -0.508 e. The van der Waals surface area contributed by atoms with Crippen LogP contribution in [0.1, 0.15) is 62.5 Å². The van der Waals surface area contributed by atoms with Crippen LogP contribution in [0.15, 0.2) is 59.6 Å². The molecule has 0 fully saturated rings. The van der Waals surface area contributed by atoms with Crippen LogP contribution in [0.25, 0.3) is 0 Å². The van der Waals surface area contributed by atoms with Crippen molar-refractivity contribution in [3.63, 3.8) is 0 Å². The number of carboxylic acids is 2. The minimum atomic E-state index is -1.60. The first-order valence-electron chi connectivity index (χ1n) is 24.5. The highest BCUT2D eigenvalue weighted by Crippen LogP contribution is 2.13. The third-order valence-corrected chi connectivity index (χ3v) is 12.8. The number of hydrogen-bond acceptors (Lipinski definition) is 17. The van der Waals surface area contributed by atoms with E-state index >= 15 is 0 Å². The zero-order valence-corrected chi connectivity index (χ0v) is 45.2. The molecule has 0 saturated heterocycles. The van der Waals surface area contributed by atoms with Crippen molar-refractivity contribution in [3.05, 3.63) is 65.7 Å². The maximum absolute atomic E-state index is 14.1. The predicted molar refractivity (Wildman–Crippen MR) is 294 cm³/mol. The molecule has 0 aliphatic rings. The second kappa shape index (κ2) is 36.3. The summed E-state index contributed by atoms with van der Waals surface area (Å²) in [5.41, 5.74) is 24.1. The fourth-order valence-corrected chi connectivity index (χ4v) is 8.15. The number of guanidine groups is 1. The molecule has 0 bridgehead atoms. The fraction of sp³-hybridized carbons (Fsp3) is 0.521. The number of nitrogens with two attached hydrogens (primary N) is 4. The molecule has 0 radical (unpaired) electrons. The summed E-state index contributed by atoms with van der Waals surface area (Å²) in [5, 5.41) is 48.7. The summed E-state index contributed by atoms with van der Waals surface area (Å²) < 4.78 is 0. The van der Waals surface area contributed by atoms with E-state index in [2.05, 4.69) is 72.8 Å². The van der Waals surface area contributed by atoms with Gasteiger partial charge in [-0.2, -0.15) is 37.0 Å². The van der Waals surface area contributed by atoms with Crippen molar-refractivity contribution in [1.29, 1.82) is 0 Å². The molecule has 0 aliphatic heterocycles. The molecule has 0 aromatic heterocycles. The number of amides is 8. The molecule has 8 atom stereocenters. The van der Waals surface area contributed by atoms with Crippen molar-refractivity contribution < 1.29 is 63.3 Å². The number of nitrogens with one attached hydrogen (secondary N) is 8. The summed E-state index contributed by atoms with van der Waals surface area (Å²) in [6.07, 6.45) is 1.35. The fourth-order valence-electron chi connectivity index (χ4n) is 7.17. The third-order valence-electron chi connectivity index (χ3n) is 11.4. The molecular formula is C48H73N13O13S3. The highest BCUT2D eigenvalue weighted by atomic mass is 32.2. The number of nitrogens with zero attached hydrogens (tertiary/aromatic N) is 1. The number of carboxylic acid groups (broad SMARTS) is 2. The molecule has 29 heteroatoms. The van der Waals surface area contributed by atoms with Gasteiger partial charge in [-0.05, 0) is 93.2 Å². The number of aliphatic imine (C=N–C) groups is 1. The zero-order valence-electron chi connectivity index (χ0n) is 42.6. The van der Waals surface area contributed by atoms with Crippen molar-refractivity contribution >= 4 is 102 Å². The smallest absolute Gasteiger partial charge is 0.326 e. The molecule has 426 valence electrons. The first-order valence-corrected chi connectivity index (χ1v) is 27.2. The number of thioether (sulfide) groups is 1. The summed E-state index contributed by atoms with van der Waals surface area (Å²) in [6, 6.07) is 3.85. The van der Waals surface area contributed by atoms with Crippen LogP contribution in [0.3, 0.4) is 0 Å². The molecule has 19 N–H and O–H groups in total. The van der Waals surface area contributed by atoms with Crippen LogP contribution in [0.2, 0.25) is 0 Å². The lowest BCUT2D eigenvalue weighted by atomic mass is 10.0. The van der Waals surface area contributed by atoms with Gasteiger partial charge in [0, 0.05) is 30.9 Å². The summed E-state index contributed by atoms with van der Waals surface area (Å²) in [5.74, 6) is -10.0. The van der Waals surface area contributed by atoms with Gasteiger partial charge in [0.25, 0.3) is 0 Å². The van der Waals surface area contributed by atoms with E-state index in [1.165, 1.54) is 36.0 Å². The third kappa shape index (κ3) is 26.2. The minimum absolute atomic E-state index is 0.00839. The molecule has 0 aliphatic carbocycles.